The quantitative estimate of drug-likeness (QED) is 0.475. The molecule has 0 spiro atoms. The molecule has 0 aliphatic rings. The van der Waals surface area contributed by atoms with Gasteiger partial charge in [0.05, 0.1) is 10.9 Å². The summed E-state index contributed by atoms with van der Waals surface area (Å²) in [4.78, 5) is 23.3. The van der Waals surface area contributed by atoms with Gasteiger partial charge in [0.1, 0.15) is 4.92 Å². The first kappa shape index (κ1) is 11.5. The smallest absolute Gasteiger partial charge is 0.397 e. The van der Waals surface area contributed by atoms with Crippen molar-refractivity contribution in [2.24, 2.45) is 0 Å². The van der Waals surface area contributed by atoms with Gasteiger partial charge in [-0.3, -0.25) is 14.9 Å². The molecule has 2 aromatic rings. The normalized spacial score (nSPS) is 10.4. The third kappa shape index (κ3) is 2.26. The third-order valence-corrected chi connectivity index (χ3v) is 3.46. The van der Waals surface area contributed by atoms with Crippen LogP contribution in [0.5, 0.6) is 0 Å². The summed E-state index contributed by atoms with van der Waals surface area (Å²) in [5.41, 5.74) is 0. The number of hydrogen-bond acceptors (Lipinski definition) is 5. The number of rotatable bonds is 4. The predicted octanol–water partition coefficient (Wildman–Crippen LogP) is 3.04. The van der Waals surface area contributed by atoms with Gasteiger partial charge in [-0.05, 0) is 24.6 Å². The maximum absolute atomic E-state index is 11.9. The minimum atomic E-state index is -0.664. The maximum atomic E-state index is 11.9. The molecule has 2 aromatic heterocycles. The van der Waals surface area contributed by atoms with Gasteiger partial charge < -0.3 is 4.42 Å². The summed E-state index contributed by atoms with van der Waals surface area (Å²) >= 11 is 1.37. The highest BCUT2D eigenvalue weighted by Crippen LogP contribution is 2.23. The van der Waals surface area contributed by atoms with Gasteiger partial charge in [0.15, 0.2) is 5.76 Å². The fourth-order valence-electron chi connectivity index (χ4n) is 1.36. The lowest BCUT2D eigenvalue weighted by atomic mass is 10.2. The monoisotopic (exact) mass is 251 g/mol. The Kier molecular flexibility index (Phi) is 3.06. The average Bonchev–Trinajstić information content (AvgIpc) is 2.97. The van der Waals surface area contributed by atoms with E-state index in [1.807, 2.05) is 13.0 Å². The molecule has 0 atom stereocenters. The van der Waals surface area contributed by atoms with E-state index < -0.39 is 10.8 Å². The zero-order chi connectivity index (χ0) is 12.4. The van der Waals surface area contributed by atoms with E-state index in [0.29, 0.717) is 4.88 Å². The number of hydrogen-bond donors (Lipinski definition) is 0. The van der Waals surface area contributed by atoms with Crippen LogP contribution in [0.25, 0.3) is 0 Å². The van der Waals surface area contributed by atoms with Crippen molar-refractivity contribution < 1.29 is 14.1 Å². The highest BCUT2D eigenvalue weighted by Gasteiger charge is 2.19. The Morgan fingerprint density at radius 3 is 2.71 bits per heavy atom. The van der Waals surface area contributed by atoms with E-state index in [9.17, 15) is 14.9 Å². The van der Waals surface area contributed by atoms with Gasteiger partial charge in [-0.1, -0.05) is 6.92 Å². The van der Waals surface area contributed by atoms with Crippen molar-refractivity contribution in [2.45, 2.75) is 13.3 Å². The van der Waals surface area contributed by atoms with Crippen molar-refractivity contribution in [1.29, 1.82) is 0 Å². The second-order valence-electron chi connectivity index (χ2n) is 3.34. The lowest BCUT2D eigenvalue weighted by Gasteiger charge is -1.91. The largest absolute Gasteiger partial charge is 0.433 e. The van der Waals surface area contributed by atoms with E-state index in [4.69, 9.17) is 4.42 Å². The number of carbonyl (C=O) groups excluding carboxylic acids is 1. The van der Waals surface area contributed by atoms with Gasteiger partial charge in [0.2, 0.25) is 5.78 Å². The summed E-state index contributed by atoms with van der Waals surface area (Å²) in [7, 11) is 0. The molecule has 0 radical (unpaired) electrons. The molecular weight excluding hydrogens is 242 g/mol. The summed E-state index contributed by atoms with van der Waals surface area (Å²) in [6, 6.07) is 6.09. The van der Waals surface area contributed by atoms with E-state index in [1.165, 1.54) is 23.5 Å². The molecular formula is C11H9NO4S. The molecule has 0 aliphatic carbocycles. The Balaban J connectivity index is 2.27. The second-order valence-corrected chi connectivity index (χ2v) is 4.51. The molecule has 0 aliphatic heterocycles. The summed E-state index contributed by atoms with van der Waals surface area (Å²) in [5, 5.41) is 10.4. The predicted molar refractivity (Wildman–Crippen MR) is 62.5 cm³/mol. The van der Waals surface area contributed by atoms with Crippen LogP contribution >= 0.6 is 11.3 Å². The van der Waals surface area contributed by atoms with Gasteiger partial charge in [-0.15, -0.1) is 11.3 Å². The summed E-state index contributed by atoms with van der Waals surface area (Å²) in [6.45, 7) is 2.00. The van der Waals surface area contributed by atoms with Gasteiger partial charge in [-0.25, -0.2) is 0 Å². The van der Waals surface area contributed by atoms with Crippen LogP contribution in [0.3, 0.4) is 0 Å². The zero-order valence-electron chi connectivity index (χ0n) is 9.00. The van der Waals surface area contributed by atoms with Crippen LogP contribution in [0.2, 0.25) is 0 Å². The van der Waals surface area contributed by atoms with Crippen LogP contribution in [-0.2, 0) is 6.42 Å². The summed E-state index contributed by atoms with van der Waals surface area (Å²) in [6.07, 6.45) is 0.857. The lowest BCUT2D eigenvalue weighted by Crippen LogP contribution is -1.95. The van der Waals surface area contributed by atoms with E-state index >= 15 is 0 Å². The molecule has 17 heavy (non-hydrogen) atoms. The van der Waals surface area contributed by atoms with Crippen LogP contribution in [0.4, 0.5) is 5.88 Å². The van der Waals surface area contributed by atoms with Crippen molar-refractivity contribution in [3.8, 4) is 0 Å². The third-order valence-electron chi connectivity index (χ3n) is 2.23. The van der Waals surface area contributed by atoms with Crippen LogP contribution in [0.1, 0.15) is 27.2 Å². The number of thiophene rings is 1. The fraction of sp³-hybridized carbons (Fsp3) is 0.182. The molecule has 0 saturated heterocycles. The van der Waals surface area contributed by atoms with Gasteiger partial charge >= 0.3 is 5.88 Å². The molecule has 88 valence electrons. The number of ketones is 1. The van der Waals surface area contributed by atoms with E-state index in [0.717, 1.165) is 11.3 Å². The molecule has 2 rings (SSSR count). The Morgan fingerprint density at radius 2 is 2.18 bits per heavy atom. The number of aryl methyl sites for hydroxylation is 1. The molecule has 0 amide bonds. The minimum Gasteiger partial charge on any atom is -0.397 e. The first-order chi connectivity index (χ1) is 8.11. The maximum Gasteiger partial charge on any atom is 0.433 e. The van der Waals surface area contributed by atoms with Crippen molar-refractivity contribution in [2.75, 3.05) is 0 Å². The number of carbonyl (C=O) groups is 1. The highest BCUT2D eigenvalue weighted by atomic mass is 32.1. The molecule has 0 aromatic carbocycles. The Morgan fingerprint density at radius 1 is 1.41 bits per heavy atom. The van der Waals surface area contributed by atoms with Crippen LogP contribution in [0, 0.1) is 10.1 Å². The zero-order valence-corrected chi connectivity index (χ0v) is 9.82. The molecule has 0 fully saturated rings. The second kappa shape index (κ2) is 4.50. The van der Waals surface area contributed by atoms with Crippen molar-refractivity contribution in [3.63, 3.8) is 0 Å². The van der Waals surface area contributed by atoms with E-state index in [-0.39, 0.29) is 11.5 Å². The molecule has 6 heteroatoms. The lowest BCUT2D eigenvalue weighted by molar-refractivity contribution is -0.402. The van der Waals surface area contributed by atoms with E-state index in [2.05, 4.69) is 0 Å². The molecule has 5 nitrogen and oxygen atoms in total. The topological polar surface area (TPSA) is 73.3 Å². The van der Waals surface area contributed by atoms with Crippen LogP contribution in [0.15, 0.2) is 28.7 Å². The molecule has 0 N–H and O–H groups in total. The standard InChI is InChI=1S/C11H9NO4S/c1-2-7-3-5-9(17-7)11(13)8-4-6-10(16-8)12(14)15/h3-6H,2H2,1H3. The van der Waals surface area contributed by atoms with Crippen molar-refractivity contribution >= 4 is 23.0 Å². The molecule has 0 unspecified atom stereocenters. The minimum absolute atomic E-state index is 0.00111. The average molecular weight is 251 g/mol. The van der Waals surface area contributed by atoms with Gasteiger partial charge in [-0.2, -0.15) is 0 Å². The fourth-order valence-corrected chi connectivity index (χ4v) is 2.25. The number of nitrogens with zero attached hydrogens (tertiary/aromatic N) is 1. The summed E-state index contributed by atoms with van der Waals surface area (Å²) in [5.74, 6) is -0.732. The summed E-state index contributed by atoms with van der Waals surface area (Å²) < 4.78 is 4.86. The first-order valence-corrected chi connectivity index (χ1v) is 5.81. The first-order valence-electron chi connectivity index (χ1n) is 4.99. The highest BCUT2D eigenvalue weighted by molar-refractivity contribution is 7.14. The van der Waals surface area contributed by atoms with Gasteiger partial charge in [0, 0.05) is 4.88 Å². The molecule has 2 heterocycles. The van der Waals surface area contributed by atoms with Crippen LogP contribution in [-0.4, -0.2) is 10.7 Å². The van der Waals surface area contributed by atoms with E-state index in [1.54, 1.807) is 6.07 Å². The number of furan rings is 1. The van der Waals surface area contributed by atoms with Crippen LogP contribution < -0.4 is 0 Å². The van der Waals surface area contributed by atoms with Gasteiger partial charge in [0.25, 0.3) is 0 Å². The number of nitro groups is 1. The van der Waals surface area contributed by atoms with Crippen molar-refractivity contribution in [1.82, 2.24) is 0 Å². The Bertz CT molecular complexity index is 570. The molecule has 0 saturated carbocycles. The molecule has 0 bridgehead atoms. The Labute approximate surface area is 101 Å². The van der Waals surface area contributed by atoms with Crippen molar-refractivity contribution in [3.05, 3.63) is 49.9 Å². The SMILES string of the molecule is CCc1ccc(C(=O)c2ccc([N+](=O)[O-])o2)s1. The Hall–Kier alpha value is -1.95.